The highest BCUT2D eigenvalue weighted by Crippen LogP contribution is 2.23. The summed E-state index contributed by atoms with van der Waals surface area (Å²) in [5.74, 6) is -0.411. The number of hydrogen-bond donors (Lipinski definition) is 0. The van der Waals surface area contributed by atoms with E-state index in [0.717, 1.165) is 12.8 Å². The first-order chi connectivity index (χ1) is 9.18. The zero-order valence-corrected chi connectivity index (χ0v) is 13.5. The Morgan fingerprint density at radius 2 is 2.05 bits per heavy atom. The van der Waals surface area contributed by atoms with E-state index >= 15 is 0 Å². The Morgan fingerprint density at radius 1 is 1.40 bits per heavy atom. The highest BCUT2D eigenvalue weighted by molar-refractivity contribution is 7.90. The summed E-state index contributed by atoms with van der Waals surface area (Å²) in [5.41, 5.74) is 0. The molecule has 0 aliphatic carbocycles. The van der Waals surface area contributed by atoms with Crippen LogP contribution in [0.1, 0.15) is 40.0 Å². The number of carbonyl (C=O) groups is 1. The van der Waals surface area contributed by atoms with Gasteiger partial charge < -0.3 is 9.47 Å². The van der Waals surface area contributed by atoms with Gasteiger partial charge in [-0.05, 0) is 33.6 Å². The van der Waals surface area contributed by atoms with Crippen LogP contribution in [-0.2, 0) is 24.3 Å². The molecule has 0 radical (unpaired) electrons. The van der Waals surface area contributed by atoms with Crippen molar-refractivity contribution in [1.29, 1.82) is 0 Å². The maximum Gasteiger partial charge on any atom is 0.306 e. The first-order valence-corrected chi connectivity index (χ1v) is 8.30. The fraction of sp³-hybridized carbons (Fsp3) is 0.923. The predicted octanol–water partition coefficient (Wildman–Crippen LogP) is 1.16. The van der Waals surface area contributed by atoms with E-state index in [0.29, 0.717) is 13.2 Å². The Bertz CT molecular complexity index is 421. The first kappa shape index (κ1) is 17.4. The summed E-state index contributed by atoms with van der Waals surface area (Å²) in [6, 6.07) is 0. The van der Waals surface area contributed by atoms with E-state index in [9.17, 15) is 13.2 Å². The van der Waals surface area contributed by atoms with Crippen LogP contribution in [0.2, 0.25) is 0 Å². The molecule has 0 N–H and O–H groups in total. The summed E-state index contributed by atoms with van der Waals surface area (Å²) in [7, 11) is -2.19. The van der Waals surface area contributed by atoms with Crippen molar-refractivity contribution in [2.75, 3.05) is 26.8 Å². The van der Waals surface area contributed by atoms with Crippen molar-refractivity contribution >= 4 is 16.0 Å². The average Bonchev–Trinajstić information content (AvgIpc) is 2.85. The predicted molar refractivity (Wildman–Crippen MR) is 75.9 cm³/mol. The molecule has 7 heteroatoms. The van der Waals surface area contributed by atoms with Gasteiger partial charge in [-0.3, -0.25) is 4.79 Å². The van der Waals surface area contributed by atoms with Crippen molar-refractivity contribution in [1.82, 2.24) is 4.31 Å². The van der Waals surface area contributed by atoms with Crippen LogP contribution in [0.15, 0.2) is 0 Å². The fourth-order valence-electron chi connectivity index (χ4n) is 2.03. The smallest absolute Gasteiger partial charge is 0.306 e. The summed E-state index contributed by atoms with van der Waals surface area (Å²) in [6.45, 7) is 6.07. The molecule has 1 unspecified atom stereocenters. The number of methoxy groups -OCH3 is 1. The van der Waals surface area contributed by atoms with Gasteiger partial charge >= 0.3 is 5.97 Å². The topological polar surface area (TPSA) is 72.9 Å². The molecule has 20 heavy (non-hydrogen) atoms. The Labute approximate surface area is 121 Å². The normalized spacial score (nSPS) is 20.4. The number of carbonyl (C=O) groups excluding carboxylic acids is 1. The second-order valence-corrected chi connectivity index (χ2v) is 8.63. The Hall–Kier alpha value is -0.660. The lowest BCUT2D eigenvalue weighted by molar-refractivity contribution is -0.140. The molecule has 1 aliphatic rings. The number of esters is 1. The molecule has 6 nitrogen and oxygen atoms in total. The molecule has 1 rings (SSSR count). The minimum atomic E-state index is -3.48. The molecule has 1 atom stereocenters. The summed E-state index contributed by atoms with van der Waals surface area (Å²) in [4.78, 5) is 11.3. The van der Waals surface area contributed by atoms with Crippen LogP contribution in [0.4, 0.5) is 0 Å². The lowest BCUT2D eigenvalue weighted by Crippen LogP contribution is -2.46. The summed E-state index contributed by atoms with van der Waals surface area (Å²) in [6.07, 6.45) is 1.78. The van der Waals surface area contributed by atoms with Gasteiger partial charge in [0.05, 0.1) is 24.4 Å². The molecule has 1 aliphatic heterocycles. The lowest BCUT2D eigenvalue weighted by Gasteiger charge is -2.31. The highest BCUT2D eigenvalue weighted by atomic mass is 32.2. The van der Waals surface area contributed by atoms with E-state index in [-0.39, 0.29) is 19.1 Å². The van der Waals surface area contributed by atoms with Gasteiger partial charge in [-0.15, -0.1) is 0 Å². The second kappa shape index (κ2) is 6.87. The average molecular weight is 307 g/mol. The maximum atomic E-state index is 12.6. The van der Waals surface area contributed by atoms with Crippen LogP contribution in [0, 0.1) is 0 Å². The molecule has 0 bridgehead atoms. The third-order valence-corrected chi connectivity index (χ3v) is 5.90. The van der Waals surface area contributed by atoms with Crippen LogP contribution >= 0.6 is 0 Å². The highest BCUT2D eigenvalue weighted by Gasteiger charge is 2.37. The lowest BCUT2D eigenvalue weighted by atomic mass is 10.2. The molecule has 0 amide bonds. The van der Waals surface area contributed by atoms with Crippen LogP contribution < -0.4 is 0 Å². The molecule has 0 aromatic heterocycles. The van der Waals surface area contributed by atoms with Crippen molar-refractivity contribution < 1.29 is 22.7 Å². The molecule has 0 spiro atoms. The number of hydrogen-bond acceptors (Lipinski definition) is 5. The molecule has 1 fully saturated rings. The maximum absolute atomic E-state index is 12.6. The van der Waals surface area contributed by atoms with E-state index in [1.807, 2.05) is 0 Å². The first-order valence-electron chi connectivity index (χ1n) is 6.86. The molecule has 1 saturated heterocycles. The van der Waals surface area contributed by atoms with Gasteiger partial charge in [0, 0.05) is 19.7 Å². The van der Waals surface area contributed by atoms with Gasteiger partial charge in [-0.25, -0.2) is 8.42 Å². The van der Waals surface area contributed by atoms with Crippen molar-refractivity contribution in [3.8, 4) is 0 Å². The van der Waals surface area contributed by atoms with Crippen molar-refractivity contribution in [2.45, 2.75) is 50.9 Å². The molecule has 0 aromatic rings. The van der Waals surface area contributed by atoms with Gasteiger partial charge in [0.15, 0.2) is 0 Å². The third kappa shape index (κ3) is 4.43. The molecular formula is C13H25NO5S. The molecule has 0 saturated carbocycles. The minimum absolute atomic E-state index is 0.0541. The largest absolute Gasteiger partial charge is 0.469 e. The van der Waals surface area contributed by atoms with Gasteiger partial charge in [0.25, 0.3) is 0 Å². The van der Waals surface area contributed by atoms with Crippen molar-refractivity contribution in [3.05, 3.63) is 0 Å². The quantitative estimate of drug-likeness (QED) is 0.689. The van der Waals surface area contributed by atoms with Crippen LogP contribution in [0.25, 0.3) is 0 Å². The SMILES string of the molecule is COC(=O)CCN(CC1CCCO1)S(=O)(=O)C(C)(C)C. The summed E-state index contributed by atoms with van der Waals surface area (Å²) in [5, 5.41) is 0. The van der Waals surface area contributed by atoms with E-state index in [1.165, 1.54) is 11.4 Å². The number of ether oxygens (including phenoxy) is 2. The zero-order chi connectivity index (χ0) is 15.4. The number of sulfonamides is 1. The molecule has 0 aromatic carbocycles. The number of nitrogens with zero attached hydrogens (tertiary/aromatic N) is 1. The van der Waals surface area contributed by atoms with E-state index in [4.69, 9.17) is 4.74 Å². The van der Waals surface area contributed by atoms with Crippen LogP contribution in [0.3, 0.4) is 0 Å². The molecule has 1 heterocycles. The molecular weight excluding hydrogens is 282 g/mol. The van der Waals surface area contributed by atoms with Gasteiger partial charge in [0.1, 0.15) is 0 Å². The fourth-order valence-corrected chi connectivity index (χ4v) is 3.50. The van der Waals surface area contributed by atoms with Gasteiger partial charge in [0.2, 0.25) is 10.0 Å². The van der Waals surface area contributed by atoms with Crippen molar-refractivity contribution in [3.63, 3.8) is 0 Å². The van der Waals surface area contributed by atoms with Crippen LogP contribution in [0.5, 0.6) is 0 Å². The summed E-state index contributed by atoms with van der Waals surface area (Å²) < 4.78 is 35.7. The zero-order valence-electron chi connectivity index (χ0n) is 12.7. The Balaban J connectivity index is 2.80. The number of rotatable bonds is 6. The van der Waals surface area contributed by atoms with Crippen LogP contribution in [-0.4, -0.2) is 56.3 Å². The second-order valence-electron chi connectivity index (χ2n) is 5.94. The van der Waals surface area contributed by atoms with Gasteiger partial charge in [-0.2, -0.15) is 4.31 Å². The van der Waals surface area contributed by atoms with E-state index in [1.54, 1.807) is 20.8 Å². The Morgan fingerprint density at radius 3 is 2.50 bits per heavy atom. The minimum Gasteiger partial charge on any atom is -0.469 e. The van der Waals surface area contributed by atoms with Crippen molar-refractivity contribution in [2.24, 2.45) is 0 Å². The molecule has 118 valence electrons. The third-order valence-electron chi connectivity index (χ3n) is 3.34. The summed E-state index contributed by atoms with van der Waals surface area (Å²) >= 11 is 0. The standard InChI is InChI=1S/C13H25NO5S/c1-13(2,3)20(16,17)14(8-7-12(15)18-4)10-11-6-5-9-19-11/h11H,5-10H2,1-4H3. The van der Waals surface area contributed by atoms with E-state index < -0.39 is 20.7 Å². The Kier molecular flexibility index (Phi) is 5.97. The van der Waals surface area contributed by atoms with E-state index in [2.05, 4.69) is 4.74 Å². The van der Waals surface area contributed by atoms with Gasteiger partial charge in [-0.1, -0.05) is 0 Å². The monoisotopic (exact) mass is 307 g/mol.